The molecule has 3 heterocycles. The van der Waals surface area contributed by atoms with Gasteiger partial charge in [0.1, 0.15) is 0 Å². The summed E-state index contributed by atoms with van der Waals surface area (Å²) in [7, 11) is 1.99. The smallest absolute Gasteiger partial charge is 0.201 e. The van der Waals surface area contributed by atoms with E-state index in [1.165, 1.54) is 0 Å². The van der Waals surface area contributed by atoms with Gasteiger partial charge in [0.15, 0.2) is 6.23 Å². The van der Waals surface area contributed by atoms with Crippen LogP contribution in [0.1, 0.15) is 5.56 Å². The molecule has 2 N–H and O–H groups in total. The number of morpholine rings is 1. The second-order valence-corrected chi connectivity index (χ2v) is 7.39. The minimum Gasteiger partial charge on any atom is -0.379 e. The summed E-state index contributed by atoms with van der Waals surface area (Å²) in [6, 6.07) is 6.06. The van der Waals surface area contributed by atoms with Gasteiger partial charge in [-0.05, 0) is 23.8 Å². The first-order valence-electron chi connectivity index (χ1n) is 8.78. The molecule has 1 fully saturated rings. The lowest BCUT2D eigenvalue weighted by atomic mass is 10.2. The van der Waals surface area contributed by atoms with Gasteiger partial charge in [-0.15, -0.1) is 11.3 Å². The molecule has 1 saturated heterocycles. The van der Waals surface area contributed by atoms with Crippen molar-refractivity contribution in [2.24, 2.45) is 4.99 Å². The van der Waals surface area contributed by atoms with Gasteiger partial charge < -0.3 is 20.1 Å². The zero-order valence-corrected chi connectivity index (χ0v) is 15.6. The first kappa shape index (κ1) is 17.4. The van der Waals surface area contributed by atoms with Gasteiger partial charge in [-0.25, -0.2) is 9.98 Å². The third-order valence-corrected chi connectivity index (χ3v) is 5.46. The molecule has 0 bridgehead atoms. The summed E-state index contributed by atoms with van der Waals surface area (Å²) in [5.74, 6) is 0.705. The third kappa shape index (κ3) is 3.88. The predicted molar refractivity (Wildman–Crippen MR) is 104 cm³/mol. The van der Waals surface area contributed by atoms with E-state index in [9.17, 15) is 5.11 Å². The number of aliphatic hydroxyl groups is 1. The number of likely N-dealkylation sites (N-methyl/N-ethyl adjacent to an activating group) is 1. The average molecular weight is 373 g/mol. The van der Waals surface area contributed by atoms with Crippen molar-refractivity contribution in [1.29, 1.82) is 0 Å². The van der Waals surface area contributed by atoms with E-state index in [1.54, 1.807) is 11.3 Å². The van der Waals surface area contributed by atoms with Crippen molar-refractivity contribution in [3.8, 4) is 0 Å². The monoisotopic (exact) mass is 373 g/mol. The second kappa shape index (κ2) is 7.71. The maximum Gasteiger partial charge on any atom is 0.201 e. The Kier molecular flexibility index (Phi) is 5.16. The van der Waals surface area contributed by atoms with Crippen molar-refractivity contribution in [3.05, 3.63) is 35.0 Å². The molecular formula is C18H23N5O2S. The topological polar surface area (TPSA) is 73.2 Å². The lowest BCUT2D eigenvalue weighted by Crippen LogP contribution is -2.45. The second-order valence-electron chi connectivity index (χ2n) is 6.51. The number of rotatable bonds is 4. The highest BCUT2D eigenvalue weighted by Crippen LogP contribution is 2.22. The molecule has 0 radical (unpaired) electrons. The number of nitrogens with one attached hydrogen (secondary N) is 1. The number of aliphatic hydroxyl groups excluding tert-OH is 1. The zero-order chi connectivity index (χ0) is 17.9. The molecule has 4 rings (SSSR count). The Morgan fingerprint density at radius 2 is 2.27 bits per heavy atom. The lowest BCUT2D eigenvalue weighted by molar-refractivity contribution is 0.0364. The lowest BCUT2D eigenvalue weighted by Gasteiger charge is -2.29. The highest BCUT2D eigenvalue weighted by atomic mass is 32.1. The molecule has 2 aliphatic rings. The van der Waals surface area contributed by atoms with E-state index in [-0.39, 0.29) is 0 Å². The number of ether oxygens (including phenoxy) is 1. The van der Waals surface area contributed by atoms with Crippen LogP contribution in [-0.2, 0) is 4.74 Å². The molecular weight excluding hydrogens is 350 g/mol. The van der Waals surface area contributed by atoms with Crippen LogP contribution < -0.4 is 5.32 Å². The van der Waals surface area contributed by atoms with Crippen molar-refractivity contribution >= 4 is 33.6 Å². The summed E-state index contributed by atoms with van der Waals surface area (Å²) in [6.07, 6.45) is 1.13. The Morgan fingerprint density at radius 1 is 1.42 bits per heavy atom. The largest absolute Gasteiger partial charge is 0.379 e. The molecule has 7 nitrogen and oxygen atoms in total. The normalized spacial score (nSPS) is 22.6. The van der Waals surface area contributed by atoms with Crippen LogP contribution in [0.5, 0.6) is 0 Å². The quantitative estimate of drug-likeness (QED) is 0.839. The van der Waals surface area contributed by atoms with Gasteiger partial charge in [0.2, 0.25) is 5.96 Å². The fraction of sp³-hybridized carbons (Fsp3) is 0.444. The number of thiazole rings is 1. The first-order valence-corrected chi connectivity index (χ1v) is 9.66. The number of benzene rings is 1. The first-order chi connectivity index (χ1) is 12.7. The van der Waals surface area contributed by atoms with E-state index in [0.717, 1.165) is 55.2 Å². The van der Waals surface area contributed by atoms with Gasteiger partial charge in [-0.3, -0.25) is 4.90 Å². The Balaban J connectivity index is 1.42. The van der Waals surface area contributed by atoms with Gasteiger partial charge in [-0.2, -0.15) is 0 Å². The van der Waals surface area contributed by atoms with Crippen LogP contribution in [0.15, 0.2) is 34.4 Å². The minimum atomic E-state index is -0.784. The summed E-state index contributed by atoms with van der Waals surface area (Å²) in [4.78, 5) is 13.3. The summed E-state index contributed by atoms with van der Waals surface area (Å²) in [5, 5.41) is 13.4. The highest BCUT2D eigenvalue weighted by molar-refractivity contribution is 7.16. The highest BCUT2D eigenvalue weighted by Gasteiger charge is 2.23. The molecule has 8 heteroatoms. The van der Waals surface area contributed by atoms with Gasteiger partial charge >= 0.3 is 0 Å². The summed E-state index contributed by atoms with van der Waals surface area (Å²) in [6.45, 7) is 5.36. The Labute approximate surface area is 156 Å². The number of hydrogen-bond acceptors (Lipinski definition) is 8. The van der Waals surface area contributed by atoms with Gasteiger partial charge in [0, 0.05) is 33.2 Å². The van der Waals surface area contributed by atoms with Crippen LogP contribution in [0.2, 0.25) is 0 Å². The number of hydrogen-bond donors (Lipinski definition) is 2. The number of aliphatic imine (C=N–C) groups is 1. The Hall–Kier alpha value is -2.00. The molecule has 1 aromatic heterocycles. The van der Waals surface area contributed by atoms with E-state index >= 15 is 0 Å². The standard InChI is InChI=1S/C18H23N5O2S/c1-22(4-5-23-6-8-25-9-7-23)18-20-15(17(24)21-18)10-13-2-3-14-16(11-13)26-12-19-14/h2-3,10-12,17,24H,4-9H2,1H3,(H,20,21)/b15-10-. The molecule has 138 valence electrons. The molecule has 0 spiro atoms. The fourth-order valence-electron chi connectivity index (χ4n) is 3.07. The molecule has 2 aromatic rings. The number of aromatic nitrogens is 1. The molecule has 1 aromatic carbocycles. The van der Waals surface area contributed by atoms with E-state index in [4.69, 9.17) is 4.74 Å². The van der Waals surface area contributed by atoms with E-state index < -0.39 is 6.23 Å². The summed E-state index contributed by atoms with van der Waals surface area (Å²) < 4.78 is 6.51. The average Bonchev–Trinajstić information content (AvgIpc) is 3.27. The van der Waals surface area contributed by atoms with E-state index in [0.29, 0.717) is 11.7 Å². The molecule has 1 atom stereocenters. The van der Waals surface area contributed by atoms with Crippen molar-refractivity contribution in [3.63, 3.8) is 0 Å². The van der Waals surface area contributed by atoms with Gasteiger partial charge in [-0.1, -0.05) is 6.07 Å². The number of fused-ring (bicyclic) bond motifs is 1. The van der Waals surface area contributed by atoms with Crippen molar-refractivity contribution < 1.29 is 9.84 Å². The van der Waals surface area contributed by atoms with Crippen molar-refractivity contribution in [2.45, 2.75) is 6.23 Å². The SMILES string of the molecule is CN(CCN1CCOCC1)C1=N/C(=C\c2ccc3ncsc3c2)C(O)N1. The van der Waals surface area contributed by atoms with Crippen LogP contribution in [0.25, 0.3) is 16.3 Å². The fourth-order valence-corrected chi connectivity index (χ4v) is 3.80. The third-order valence-electron chi connectivity index (χ3n) is 4.67. The molecule has 2 aliphatic heterocycles. The van der Waals surface area contributed by atoms with Crippen LogP contribution in [0.3, 0.4) is 0 Å². The van der Waals surface area contributed by atoms with Crippen LogP contribution >= 0.6 is 11.3 Å². The maximum atomic E-state index is 10.3. The predicted octanol–water partition coefficient (Wildman–Crippen LogP) is 1.18. The number of guanidine groups is 1. The molecule has 1 unspecified atom stereocenters. The summed E-state index contributed by atoms with van der Waals surface area (Å²) in [5.41, 5.74) is 4.47. The molecule has 0 saturated carbocycles. The Morgan fingerprint density at radius 3 is 3.12 bits per heavy atom. The molecule has 0 aliphatic carbocycles. The van der Waals surface area contributed by atoms with Crippen molar-refractivity contribution in [1.82, 2.24) is 20.1 Å². The summed E-state index contributed by atoms with van der Waals surface area (Å²) >= 11 is 1.61. The Bertz CT molecular complexity index is 828. The van der Waals surface area contributed by atoms with Gasteiger partial charge in [0.05, 0.1) is 34.6 Å². The zero-order valence-electron chi connectivity index (χ0n) is 14.8. The van der Waals surface area contributed by atoms with E-state index in [1.807, 2.05) is 35.7 Å². The van der Waals surface area contributed by atoms with Crippen LogP contribution in [0, 0.1) is 0 Å². The van der Waals surface area contributed by atoms with Gasteiger partial charge in [0.25, 0.3) is 0 Å². The van der Waals surface area contributed by atoms with E-state index in [2.05, 4.69) is 26.3 Å². The van der Waals surface area contributed by atoms with Crippen LogP contribution in [0.4, 0.5) is 0 Å². The molecule has 0 amide bonds. The minimum absolute atomic E-state index is 0.627. The maximum absolute atomic E-state index is 10.3. The van der Waals surface area contributed by atoms with Crippen molar-refractivity contribution in [2.75, 3.05) is 46.4 Å². The number of nitrogens with zero attached hydrogens (tertiary/aromatic N) is 4. The van der Waals surface area contributed by atoms with Crippen LogP contribution in [-0.4, -0.2) is 78.5 Å². The molecule has 26 heavy (non-hydrogen) atoms.